The number of nitrogens with zero attached hydrogens (tertiary/aromatic N) is 5. The number of nitrogens with one attached hydrogen (secondary N) is 2. The lowest BCUT2D eigenvalue weighted by molar-refractivity contribution is -0.116. The van der Waals surface area contributed by atoms with Crippen molar-refractivity contribution in [3.8, 4) is 11.3 Å². The van der Waals surface area contributed by atoms with Crippen molar-refractivity contribution in [1.29, 1.82) is 0 Å². The summed E-state index contributed by atoms with van der Waals surface area (Å²) >= 11 is 0. The zero-order valence-corrected chi connectivity index (χ0v) is 18.6. The molecular formula is C25H26N8O. The van der Waals surface area contributed by atoms with Gasteiger partial charge in [0.15, 0.2) is 0 Å². The van der Waals surface area contributed by atoms with Crippen molar-refractivity contribution in [2.24, 2.45) is 0 Å². The molecule has 0 unspecified atom stereocenters. The highest BCUT2D eigenvalue weighted by atomic mass is 16.1. The van der Waals surface area contributed by atoms with Gasteiger partial charge in [0.1, 0.15) is 17.4 Å². The smallest absolute Gasteiger partial charge is 0.238 e. The molecule has 0 aliphatic carbocycles. The molecule has 9 heteroatoms. The molecule has 1 amide bonds. The third-order valence-corrected chi connectivity index (χ3v) is 6.03. The van der Waals surface area contributed by atoms with Gasteiger partial charge in [-0.05, 0) is 43.6 Å². The number of nitrogens with two attached hydrogens (primary N) is 1. The van der Waals surface area contributed by atoms with E-state index in [2.05, 4.69) is 25.7 Å². The van der Waals surface area contributed by atoms with E-state index in [0.29, 0.717) is 23.1 Å². The van der Waals surface area contributed by atoms with E-state index in [1.54, 1.807) is 36.9 Å². The van der Waals surface area contributed by atoms with Gasteiger partial charge in [-0.15, -0.1) is 0 Å². The molecule has 172 valence electrons. The number of rotatable bonds is 6. The van der Waals surface area contributed by atoms with Gasteiger partial charge in [-0.3, -0.25) is 14.5 Å². The van der Waals surface area contributed by atoms with Gasteiger partial charge in [0.2, 0.25) is 5.91 Å². The fraction of sp³-hybridized carbons (Fsp3) is 0.240. The van der Waals surface area contributed by atoms with Crippen LogP contribution >= 0.6 is 0 Å². The molecule has 0 bridgehead atoms. The topological polar surface area (TPSA) is 124 Å². The van der Waals surface area contributed by atoms with E-state index >= 15 is 0 Å². The van der Waals surface area contributed by atoms with Crippen LogP contribution in [0.3, 0.4) is 0 Å². The predicted octanol–water partition coefficient (Wildman–Crippen LogP) is 3.01. The Balaban J connectivity index is 1.50. The van der Waals surface area contributed by atoms with Crippen LogP contribution < -0.4 is 16.4 Å². The van der Waals surface area contributed by atoms with Crippen molar-refractivity contribution in [3.05, 3.63) is 84.7 Å². The van der Waals surface area contributed by atoms with Gasteiger partial charge in [-0.2, -0.15) is 5.10 Å². The number of amides is 1. The molecule has 4 heterocycles. The van der Waals surface area contributed by atoms with Crippen molar-refractivity contribution in [2.45, 2.75) is 24.8 Å². The molecular weight excluding hydrogens is 428 g/mol. The van der Waals surface area contributed by atoms with Crippen LogP contribution in [0, 0.1) is 0 Å². The van der Waals surface area contributed by atoms with E-state index in [1.807, 2.05) is 41.2 Å². The number of carbonyl (C=O) groups is 1. The first-order valence-electron chi connectivity index (χ1n) is 11.3. The van der Waals surface area contributed by atoms with E-state index in [9.17, 15) is 4.79 Å². The quantitative estimate of drug-likeness (QED) is 0.409. The molecule has 3 aromatic heterocycles. The molecule has 0 spiro atoms. The maximum absolute atomic E-state index is 13.4. The molecule has 1 aliphatic rings. The largest absolute Gasteiger partial charge is 0.382 e. The molecule has 1 fully saturated rings. The molecule has 1 aliphatic heterocycles. The molecule has 4 aromatic rings. The van der Waals surface area contributed by atoms with Crippen LogP contribution in [0.4, 0.5) is 11.5 Å². The van der Waals surface area contributed by atoms with Crippen LogP contribution in [0.1, 0.15) is 36.1 Å². The summed E-state index contributed by atoms with van der Waals surface area (Å²) in [4.78, 5) is 26.7. The Labute approximate surface area is 197 Å². The number of pyridine rings is 1. The van der Waals surface area contributed by atoms with Crippen molar-refractivity contribution in [3.63, 3.8) is 0 Å². The lowest BCUT2D eigenvalue weighted by atomic mass is 9.94. The SMILES string of the molecule is Nc1ncc(-c2cnn(C3CCNCC3)c2)nc1[C@H](C(=O)Nc1ccncc1)c1ccccc1. The summed E-state index contributed by atoms with van der Waals surface area (Å²) in [5, 5.41) is 10.9. The minimum atomic E-state index is -0.735. The second-order valence-electron chi connectivity index (χ2n) is 8.28. The maximum Gasteiger partial charge on any atom is 0.238 e. The zero-order chi connectivity index (χ0) is 23.3. The van der Waals surface area contributed by atoms with Gasteiger partial charge in [0.25, 0.3) is 0 Å². The standard InChI is InChI=1S/C25H26N8O/c26-24-23(22(17-4-2-1-3-5-17)25(34)31-19-6-10-27-11-7-19)32-21(15-29-24)18-14-30-33(16-18)20-8-12-28-13-9-20/h1-7,10-11,14-16,20,22,28H,8-9,12-13H2,(H2,26,29)(H,27,31,34)/t22-/m1/s1. The first kappa shape index (κ1) is 21.7. The monoisotopic (exact) mass is 454 g/mol. The van der Waals surface area contributed by atoms with E-state index in [4.69, 9.17) is 10.7 Å². The molecule has 0 radical (unpaired) electrons. The lowest BCUT2D eigenvalue weighted by Crippen LogP contribution is -2.29. The van der Waals surface area contributed by atoms with Crippen LogP contribution in [0.15, 0.2) is 73.4 Å². The number of benzene rings is 1. The number of hydrogen-bond donors (Lipinski definition) is 3. The number of carbonyl (C=O) groups excluding carboxylic acids is 1. The summed E-state index contributed by atoms with van der Waals surface area (Å²) in [5.41, 5.74) is 9.56. The molecule has 0 saturated carbocycles. The van der Waals surface area contributed by atoms with Gasteiger partial charge in [-0.25, -0.2) is 9.97 Å². The minimum absolute atomic E-state index is 0.216. The van der Waals surface area contributed by atoms with Crippen LogP contribution in [0.2, 0.25) is 0 Å². The molecule has 4 N–H and O–H groups in total. The minimum Gasteiger partial charge on any atom is -0.382 e. The number of nitrogen functional groups attached to an aromatic ring is 1. The predicted molar refractivity (Wildman–Crippen MR) is 130 cm³/mol. The van der Waals surface area contributed by atoms with Crippen molar-refractivity contribution < 1.29 is 4.79 Å². The number of anilines is 2. The fourth-order valence-corrected chi connectivity index (χ4v) is 4.23. The lowest BCUT2D eigenvalue weighted by Gasteiger charge is -2.22. The Bertz CT molecular complexity index is 1250. The summed E-state index contributed by atoms with van der Waals surface area (Å²) in [6, 6.07) is 13.3. The summed E-state index contributed by atoms with van der Waals surface area (Å²) in [5.74, 6) is -0.768. The van der Waals surface area contributed by atoms with Gasteiger partial charge in [0.05, 0.1) is 24.1 Å². The molecule has 9 nitrogen and oxygen atoms in total. The number of piperidine rings is 1. The highest BCUT2D eigenvalue weighted by molar-refractivity contribution is 5.98. The Hall–Kier alpha value is -4.11. The van der Waals surface area contributed by atoms with Crippen molar-refractivity contribution in [1.82, 2.24) is 30.0 Å². The Kier molecular flexibility index (Phi) is 6.26. The third-order valence-electron chi connectivity index (χ3n) is 6.03. The fourth-order valence-electron chi connectivity index (χ4n) is 4.23. The second kappa shape index (κ2) is 9.80. The summed E-state index contributed by atoms with van der Waals surface area (Å²) < 4.78 is 2.00. The third kappa shape index (κ3) is 4.65. The Morgan fingerprint density at radius 3 is 2.62 bits per heavy atom. The first-order valence-corrected chi connectivity index (χ1v) is 11.3. The van der Waals surface area contributed by atoms with Gasteiger partial charge >= 0.3 is 0 Å². The van der Waals surface area contributed by atoms with Gasteiger partial charge in [-0.1, -0.05) is 30.3 Å². The molecule has 1 atom stereocenters. The average Bonchev–Trinajstić information content (AvgIpc) is 3.38. The van der Waals surface area contributed by atoms with Crippen LogP contribution in [0.5, 0.6) is 0 Å². The molecule has 1 aromatic carbocycles. The highest BCUT2D eigenvalue weighted by Gasteiger charge is 2.28. The Morgan fingerprint density at radius 2 is 1.85 bits per heavy atom. The normalized spacial score (nSPS) is 15.1. The molecule has 34 heavy (non-hydrogen) atoms. The average molecular weight is 455 g/mol. The van der Waals surface area contributed by atoms with Gasteiger partial charge < -0.3 is 16.4 Å². The maximum atomic E-state index is 13.4. The Morgan fingerprint density at radius 1 is 1.09 bits per heavy atom. The van der Waals surface area contributed by atoms with E-state index in [-0.39, 0.29) is 11.7 Å². The zero-order valence-electron chi connectivity index (χ0n) is 18.6. The van der Waals surface area contributed by atoms with E-state index in [1.165, 1.54) is 0 Å². The van der Waals surface area contributed by atoms with Crippen LogP contribution in [-0.4, -0.2) is 43.7 Å². The van der Waals surface area contributed by atoms with Gasteiger partial charge in [0, 0.05) is 29.8 Å². The molecule has 1 saturated heterocycles. The molecule has 5 rings (SSSR count). The number of aromatic nitrogens is 5. The first-order chi connectivity index (χ1) is 16.7. The van der Waals surface area contributed by atoms with Crippen LogP contribution in [0.25, 0.3) is 11.3 Å². The van der Waals surface area contributed by atoms with Crippen molar-refractivity contribution in [2.75, 3.05) is 24.1 Å². The van der Waals surface area contributed by atoms with E-state index < -0.39 is 5.92 Å². The highest BCUT2D eigenvalue weighted by Crippen LogP contribution is 2.30. The van der Waals surface area contributed by atoms with Crippen molar-refractivity contribution >= 4 is 17.4 Å². The second-order valence-corrected chi connectivity index (χ2v) is 8.28. The van der Waals surface area contributed by atoms with Crippen LogP contribution in [-0.2, 0) is 4.79 Å². The summed E-state index contributed by atoms with van der Waals surface area (Å²) in [6.07, 6.45) is 10.7. The summed E-state index contributed by atoms with van der Waals surface area (Å²) in [6.45, 7) is 1.97. The van der Waals surface area contributed by atoms with E-state index in [0.717, 1.165) is 37.1 Å². The number of hydrogen-bond acceptors (Lipinski definition) is 7. The summed E-state index contributed by atoms with van der Waals surface area (Å²) in [7, 11) is 0.